The lowest BCUT2D eigenvalue weighted by atomic mass is 9.90. The number of H-pyrrole nitrogens is 2. The number of carbonyl (C=O) groups is 1. The van der Waals surface area contributed by atoms with E-state index >= 15 is 0 Å². The summed E-state index contributed by atoms with van der Waals surface area (Å²) < 4.78 is 45.3. The van der Waals surface area contributed by atoms with Gasteiger partial charge >= 0.3 is 12.3 Å². The van der Waals surface area contributed by atoms with Crippen molar-refractivity contribution in [3.05, 3.63) is 64.1 Å². The zero-order valence-electron chi connectivity index (χ0n) is 20.0. The van der Waals surface area contributed by atoms with Crippen LogP contribution in [0, 0.1) is 5.92 Å². The van der Waals surface area contributed by atoms with Crippen molar-refractivity contribution in [2.24, 2.45) is 5.92 Å². The fourth-order valence-electron chi connectivity index (χ4n) is 4.70. The van der Waals surface area contributed by atoms with Crippen LogP contribution in [0.3, 0.4) is 0 Å². The van der Waals surface area contributed by atoms with Crippen molar-refractivity contribution < 1.29 is 22.7 Å². The molecule has 0 aliphatic carbocycles. The van der Waals surface area contributed by atoms with Crippen molar-refractivity contribution in [2.75, 3.05) is 20.2 Å². The van der Waals surface area contributed by atoms with Gasteiger partial charge in [0.2, 0.25) is 5.95 Å². The van der Waals surface area contributed by atoms with Gasteiger partial charge in [0.25, 0.3) is 5.56 Å². The van der Waals surface area contributed by atoms with E-state index in [1.54, 1.807) is 4.90 Å². The first-order chi connectivity index (χ1) is 17.7. The number of ether oxygens (including phenoxy) is 1. The SMILES string of the molecule is COC(=O)N1CCC(CCc2c(-c3ccc(C(F)(F)F)cn3)[nH]n(-c3nc4ccccc4[nH]3)c2=O)CC1. The molecule has 9 nitrogen and oxygen atoms in total. The maximum atomic E-state index is 13.5. The van der Waals surface area contributed by atoms with Crippen LogP contribution >= 0.6 is 0 Å². The molecule has 194 valence electrons. The Balaban J connectivity index is 1.46. The van der Waals surface area contributed by atoms with Crippen molar-refractivity contribution in [3.8, 4) is 17.3 Å². The highest BCUT2D eigenvalue weighted by Gasteiger charge is 2.31. The number of amides is 1. The quantitative estimate of drug-likeness (QED) is 0.407. The van der Waals surface area contributed by atoms with E-state index in [-0.39, 0.29) is 29.2 Å². The molecule has 4 aromatic rings. The molecule has 1 amide bonds. The third-order valence-corrected chi connectivity index (χ3v) is 6.77. The fourth-order valence-corrected chi connectivity index (χ4v) is 4.70. The molecule has 0 unspecified atom stereocenters. The lowest BCUT2D eigenvalue weighted by Crippen LogP contribution is -2.38. The molecule has 0 radical (unpaired) electrons. The normalized spacial score (nSPS) is 14.9. The van der Waals surface area contributed by atoms with Crippen molar-refractivity contribution in [3.63, 3.8) is 0 Å². The average molecular weight is 515 g/mol. The number of halogens is 3. The number of piperidine rings is 1. The second-order valence-corrected chi connectivity index (χ2v) is 9.05. The second kappa shape index (κ2) is 9.75. The minimum atomic E-state index is -4.51. The third-order valence-electron chi connectivity index (χ3n) is 6.77. The van der Waals surface area contributed by atoms with Crippen LogP contribution in [0.25, 0.3) is 28.4 Å². The van der Waals surface area contributed by atoms with Gasteiger partial charge in [-0.05, 0) is 55.9 Å². The van der Waals surface area contributed by atoms with E-state index < -0.39 is 11.7 Å². The van der Waals surface area contributed by atoms with Gasteiger partial charge in [-0.15, -0.1) is 0 Å². The van der Waals surface area contributed by atoms with Gasteiger partial charge in [0.1, 0.15) is 0 Å². The number of hydrogen-bond donors (Lipinski definition) is 2. The summed E-state index contributed by atoms with van der Waals surface area (Å²) in [6, 6.07) is 9.53. The Morgan fingerprint density at radius 2 is 1.92 bits per heavy atom. The molecule has 0 saturated carbocycles. The number of alkyl halides is 3. The molecule has 12 heteroatoms. The minimum Gasteiger partial charge on any atom is -0.453 e. The maximum Gasteiger partial charge on any atom is 0.417 e. The highest BCUT2D eigenvalue weighted by molar-refractivity contribution is 5.76. The Labute approximate surface area is 209 Å². The van der Waals surface area contributed by atoms with Crippen molar-refractivity contribution in [2.45, 2.75) is 31.9 Å². The van der Waals surface area contributed by atoms with Gasteiger partial charge in [-0.3, -0.25) is 14.9 Å². The summed E-state index contributed by atoms with van der Waals surface area (Å²) >= 11 is 0. The average Bonchev–Trinajstić information content (AvgIpc) is 3.47. The van der Waals surface area contributed by atoms with Crippen LogP contribution < -0.4 is 5.56 Å². The van der Waals surface area contributed by atoms with Crippen LogP contribution in [-0.4, -0.2) is 55.9 Å². The number of para-hydroxylation sites is 2. The van der Waals surface area contributed by atoms with E-state index in [0.29, 0.717) is 42.7 Å². The molecular weight excluding hydrogens is 489 g/mol. The first-order valence-electron chi connectivity index (χ1n) is 11.9. The number of aromatic nitrogens is 5. The Morgan fingerprint density at radius 1 is 1.16 bits per heavy atom. The van der Waals surface area contributed by atoms with E-state index in [0.717, 1.165) is 30.6 Å². The smallest absolute Gasteiger partial charge is 0.417 e. The fraction of sp³-hybridized carbons (Fsp3) is 0.360. The van der Waals surface area contributed by atoms with Gasteiger partial charge in [-0.2, -0.15) is 17.9 Å². The van der Waals surface area contributed by atoms with Gasteiger partial charge < -0.3 is 14.6 Å². The number of fused-ring (bicyclic) bond motifs is 1. The molecule has 1 aliphatic heterocycles. The van der Waals surface area contributed by atoms with Gasteiger partial charge in [0.15, 0.2) is 0 Å². The van der Waals surface area contributed by atoms with E-state index in [1.807, 2.05) is 24.3 Å². The largest absolute Gasteiger partial charge is 0.453 e. The lowest BCUT2D eigenvalue weighted by Gasteiger charge is -2.30. The van der Waals surface area contributed by atoms with Crippen LogP contribution in [0.15, 0.2) is 47.4 Å². The number of carbonyl (C=O) groups excluding carboxylic acids is 1. The molecule has 2 N–H and O–H groups in total. The van der Waals surface area contributed by atoms with E-state index in [4.69, 9.17) is 4.74 Å². The molecule has 0 spiro atoms. The molecular formula is C25H25F3N6O3. The van der Waals surface area contributed by atoms with Crippen LogP contribution in [0.5, 0.6) is 0 Å². The molecule has 5 rings (SSSR count). The summed E-state index contributed by atoms with van der Waals surface area (Å²) in [4.78, 5) is 38.5. The predicted molar refractivity (Wildman–Crippen MR) is 129 cm³/mol. The molecule has 1 fully saturated rings. The number of nitrogens with zero attached hydrogens (tertiary/aromatic N) is 4. The number of hydrogen-bond acceptors (Lipinski definition) is 5. The molecule has 0 bridgehead atoms. The number of aromatic amines is 2. The number of benzene rings is 1. The van der Waals surface area contributed by atoms with Gasteiger partial charge in [0.05, 0.1) is 35.1 Å². The second-order valence-electron chi connectivity index (χ2n) is 9.05. The Morgan fingerprint density at radius 3 is 2.57 bits per heavy atom. The van der Waals surface area contributed by atoms with Crippen molar-refractivity contribution >= 4 is 17.1 Å². The van der Waals surface area contributed by atoms with Crippen LogP contribution in [-0.2, 0) is 17.3 Å². The van der Waals surface area contributed by atoms with Crippen LogP contribution in [0.2, 0.25) is 0 Å². The molecule has 0 atom stereocenters. The number of likely N-dealkylation sites (tertiary alicyclic amines) is 1. The highest BCUT2D eigenvalue weighted by atomic mass is 19.4. The lowest BCUT2D eigenvalue weighted by molar-refractivity contribution is -0.137. The molecule has 37 heavy (non-hydrogen) atoms. The summed E-state index contributed by atoms with van der Waals surface area (Å²) in [6.07, 6.45) is -1.50. The molecule has 4 heterocycles. The summed E-state index contributed by atoms with van der Waals surface area (Å²) in [6.45, 7) is 1.14. The first-order valence-corrected chi connectivity index (χ1v) is 11.9. The number of nitrogens with one attached hydrogen (secondary N) is 2. The van der Waals surface area contributed by atoms with Crippen LogP contribution in [0.4, 0.5) is 18.0 Å². The zero-order valence-corrected chi connectivity index (χ0v) is 20.0. The summed E-state index contributed by atoms with van der Waals surface area (Å²) in [5.74, 6) is 0.556. The summed E-state index contributed by atoms with van der Waals surface area (Å²) in [7, 11) is 1.35. The number of rotatable bonds is 5. The maximum absolute atomic E-state index is 13.5. The Kier molecular flexibility index (Phi) is 6.48. The van der Waals surface area contributed by atoms with E-state index in [2.05, 4.69) is 20.1 Å². The number of imidazole rings is 1. The Bertz CT molecular complexity index is 1430. The predicted octanol–water partition coefficient (Wildman–Crippen LogP) is 4.53. The summed E-state index contributed by atoms with van der Waals surface area (Å²) in [5.41, 5.74) is 1.21. The molecule has 1 aliphatic rings. The summed E-state index contributed by atoms with van der Waals surface area (Å²) in [5, 5.41) is 3.02. The van der Waals surface area contributed by atoms with Gasteiger partial charge in [-0.1, -0.05) is 12.1 Å². The number of pyridine rings is 1. The van der Waals surface area contributed by atoms with Crippen molar-refractivity contribution in [1.29, 1.82) is 0 Å². The first kappa shape index (κ1) is 24.6. The zero-order chi connectivity index (χ0) is 26.2. The van der Waals surface area contributed by atoms with Gasteiger partial charge in [0, 0.05) is 24.8 Å². The van der Waals surface area contributed by atoms with E-state index in [1.165, 1.54) is 17.9 Å². The topological polar surface area (TPSA) is 109 Å². The Hall–Kier alpha value is -4.09. The van der Waals surface area contributed by atoms with Crippen LogP contribution in [0.1, 0.15) is 30.4 Å². The van der Waals surface area contributed by atoms with E-state index in [9.17, 15) is 22.8 Å². The molecule has 1 aromatic carbocycles. The monoisotopic (exact) mass is 514 g/mol. The van der Waals surface area contributed by atoms with Gasteiger partial charge in [-0.25, -0.2) is 9.78 Å². The van der Waals surface area contributed by atoms with Crippen molar-refractivity contribution in [1.82, 2.24) is 29.6 Å². The molecule has 1 saturated heterocycles. The minimum absolute atomic E-state index is 0.232. The standard InChI is InChI=1S/C25H25F3N6O3/c1-37-24(36)33-12-10-15(11-13-33)6-8-17-21(20-9-7-16(14-29-20)25(26,27)28)32-34(22(17)35)23-30-18-4-2-3-5-19(18)31-23/h2-5,7,9,14-15,32H,6,8,10-13H2,1H3,(H,30,31). The third kappa shape index (κ3) is 4.95. The number of methoxy groups -OCH3 is 1. The molecule has 3 aromatic heterocycles. The highest BCUT2D eigenvalue weighted by Crippen LogP contribution is 2.31.